The van der Waals surface area contributed by atoms with Gasteiger partial charge in [0.05, 0.1) is 0 Å². The zero-order chi connectivity index (χ0) is 57.1. The second kappa shape index (κ2) is 66.8. The van der Waals surface area contributed by atoms with Crippen LogP contribution in [0.15, 0.2) is 97.2 Å². The van der Waals surface area contributed by atoms with Gasteiger partial charge in [0, 0.05) is 19.3 Å². The highest BCUT2D eigenvalue weighted by molar-refractivity contribution is 5.71. The van der Waals surface area contributed by atoms with E-state index in [2.05, 4.69) is 118 Å². The summed E-state index contributed by atoms with van der Waals surface area (Å²) in [6, 6.07) is 0. The van der Waals surface area contributed by atoms with Gasteiger partial charge in [0.1, 0.15) is 13.2 Å². The molecule has 1 atom stereocenters. The normalized spacial score (nSPS) is 12.7. The third-order valence-electron chi connectivity index (χ3n) is 14.5. The van der Waals surface area contributed by atoms with Gasteiger partial charge < -0.3 is 14.2 Å². The molecule has 0 saturated heterocycles. The van der Waals surface area contributed by atoms with Crippen molar-refractivity contribution >= 4 is 17.9 Å². The Bertz CT molecular complexity index is 1540. The molecule has 0 heterocycles. The van der Waals surface area contributed by atoms with E-state index < -0.39 is 6.10 Å². The van der Waals surface area contributed by atoms with Crippen LogP contribution in [0.4, 0.5) is 0 Å². The first-order valence-electron chi connectivity index (χ1n) is 33.7. The van der Waals surface area contributed by atoms with Gasteiger partial charge >= 0.3 is 17.9 Å². The highest BCUT2D eigenvalue weighted by Gasteiger charge is 2.19. The van der Waals surface area contributed by atoms with Crippen molar-refractivity contribution < 1.29 is 28.6 Å². The van der Waals surface area contributed by atoms with E-state index in [1.807, 2.05) is 0 Å². The van der Waals surface area contributed by atoms with E-state index in [-0.39, 0.29) is 31.1 Å². The molecule has 1 unspecified atom stereocenters. The molecule has 0 bridgehead atoms. The number of hydrogen-bond acceptors (Lipinski definition) is 6. The summed E-state index contributed by atoms with van der Waals surface area (Å²) in [6.07, 6.45) is 89.9. The van der Waals surface area contributed by atoms with E-state index in [1.165, 1.54) is 180 Å². The molecule has 454 valence electrons. The van der Waals surface area contributed by atoms with Crippen molar-refractivity contribution in [3.8, 4) is 0 Å². The van der Waals surface area contributed by atoms with E-state index in [9.17, 15) is 14.4 Å². The largest absolute Gasteiger partial charge is 0.462 e. The molecule has 6 heteroatoms. The van der Waals surface area contributed by atoms with E-state index >= 15 is 0 Å². The van der Waals surface area contributed by atoms with Gasteiger partial charge in [-0.05, 0) is 122 Å². The predicted molar refractivity (Wildman–Crippen MR) is 344 cm³/mol. The summed E-state index contributed by atoms with van der Waals surface area (Å²) in [4.78, 5) is 38.4. The Balaban J connectivity index is 4.32. The Hall–Kier alpha value is -3.67. The summed E-state index contributed by atoms with van der Waals surface area (Å²) in [5, 5.41) is 0. The molecule has 0 saturated carbocycles. The zero-order valence-electron chi connectivity index (χ0n) is 52.1. The van der Waals surface area contributed by atoms with Crippen molar-refractivity contribution in [2.24, 2.45) is 0 Å². The minimum absolute atomic E-state index is 0.0819. The van der Waals surface area contributed by atoms with Gasteiger partial charge in [-0.1, -0.05) is 285 Å². The minimum atomic E-state index is -0.787. The molecule has 0 aromatic carbocycles. The summed E-state index contributed by atoms with van der Waals surface area (Å²) in [5.41, 5.74) is 0. The maximum atomic E-state index is 12.9. The molecular weight excluding hydrogens is 973 g/mol. The van der Waals surface area contributed by atoms with Gasteiger partial charge in [-0.15, -0.1) is 0 Å². The van der Waals surface area contributed by atoms with Crippen LogP contribution in [-0.4, -0.2) is 37.2 Å². The number of rotatable bonds is 61. The van der Waals surface area contributed by atoms with E-state index in [4.69, 9.17) is 14.2 Å². The molecule has 6 nitrogen and oxygen atoms in total. The Morgan fingerprint density at radius 1 is 0.266 bits per heavy atom. The average Bonchev–Trinajstić information content (AvgIpc) is 3.45. The lowest BCUT2D eigenvalue weighted by atomic mass is 10.0. The molecule has 0 aromatic rings. The van der Waals surface area contributed by atoms with Crippen LogP contribution < -0.4 is 0 Å². The van der Waals surface area contributed by atoms with Crippen molar-refractivity contribution in [1.29, 1.82) is 0 Å². The molecule has 79 heavy (non-hydrogen) atoms. The van der Waals surface area contributed by atoms with Gasteiger partial charge in [0.15, 0.2) is 6.10 Å². The monoisotopic (exact) mass is 1100 g/mol. The Labute approximate surface area is 489 Å². The summed E-state index contributed by atoms with van der Waals surface area (Å²) in [5.74, 6) is -0.885. The summed E-state index contributed by atoms with van der Waals surface area (Å²) < 4.78 is 17.0. The van der Waals surface area contributed by atoms with Crippen LogP contribution in [0.25, 0.3) is 0 Å². The number of carbonyl (C=O) groups is 3. The van der Waals surface area contributed by atoms with Gasteiger partial charge in [-0.2, -0.15) is 0 Å². The molecule has 0 fully saturated rings. The van der Waals surface area contributed by atoms with Crippen molar-refractivity contribution in [1.82, 2.24) is 0 Å². The maximum Gasteiger partial charge on any atom is 0.306 e. The maximum absolute atomic E-state index is 12.9. The SMILES string of the molecule is CC/C=C\C/C=C\C/C=C\C/C=C\CCCCCCCCCCCCCCCCC(=O)OCC(COC(=O)CCCCCCCCC/C=C\C/C=C\CCCCC)OC(=O)CCCCCCCCC/C=C\C/C=C\CCCCC. The molecule has 0 aliphatic heterocycles. The molecule has 0 rings (SSSR count). The summed E-state index contributed by atoms with van der Waals surface area (Å²) in [6.45, 7) is 6.50. The van der Waals surface area contributed by atoms with E-state index in [1.54, 1.807) is 0 Å². The third-order valence-corrected chi connectivity index (χ3v) is 14.5. The fourth-order valence-corrected chi connectivity index (χ4v) is 9.50. The molecule has 0 radical (unpaired) electrons. The van der Waals surface area contributed by atoms with E-state index in [0.29, 0.717) is 19.3 Å². The molecule has 0 amide bonds. The van der Waals surface area contributed by atoms with Crippen molar-refractivity contribution in [2.75, 3.05) is 13.2 Å². The number of carbonyl (C=O) groups excluding carboxylic acids is 3. The number of ether oxygens (including phenoxy) is 3. The third kappa shape index (κ3) is 65.0. The predicted octanol–water partition coefficient (Wildman–Crippen LogP) is 23.2. The lowest BCUT2D eigenvalue weighted by Crippen LogP contribution is -2.30. The quantitative estimate of drug-likeness (QED) is 0.0261. The van der Waals surface area contributed by atoms with Crippen LogP contribution in [-0.2, 0) is 28.6 Å². The highest BCUT2D eigenvalue weighted by atomic mass is 16.6. The van der Waals surface area contributed by atoms with Crippen molar-refractivity contribution in [2.45, 2.75) is 335 Å². The molecule has 0 N–H and O–H groups in total. The number of esters is 3. The summed E-state index contributed by atoms with van der Waals surface area (Å²) >= 11 is 0. The Kier molecular flexibility index (Phi) is 63.7. The van der Waals surface area contributed by atoms with Crippen LogP contribution in [0.1, 0.15) is 329 Å². The number of hydrogen-bond donors (Lipinski definition) is 0. The fraction of sp³-hybridized carbons (Fsp3) is 0.740. The van der Waals surface area contributed by atoms with Crippen molar-refractivity contribution in [3.05, 3.63) is 97.2 Å². The van der Waals surface area contributed by atoms with Crippen LogP contribution in [0, 0.1) is 0 Å². The number of allylic oxidation sites excluding steroid dienone is 16. The topological polar surface area (TPSA) is 78.9 Å². The molecule has 0 aliphatic rings. The fourth-order valence-electron chi connectivity index (χ4n) is 9.50. The second-order valence-electron chi connectivity index (χ2n) is 22.3. The summed E-state index contributed by atoms with van der Waals surface area (Å²) in [7, 11) is 0. The molecular formula is C73H126O6. The van der Waals surface area contributed by atoms with Crippen LogP contribution in [0.2, 0.25) is 0 Å². The zero-order valence-corrected chi connectivity index (χ0v) is 52.1. The standard InChI is InChI=1S/C73H126O6/c1-4-7-10-13-16-19-22-25-28-31-32-33-34-35-36-37-38-39-40-43-45-48-51-54-57-60-63-66-72(75)78-69-70(79-73(76)67-64-61-58-55-52-49-46-42-30-27-24-21-18-15-12-9-6-3)68-77-71(74)65-62-59-56-53-50-47-44-41-29-26-23-20-17-14-11-8-5-2/h7,10,16-21,25-30,32-33,70H,4-6,8-9,11-15,22-24,31,34-69H2,1-3H3/b10-7-,19-16-,20-17-,21-18-,28-25-,29-26-,30-27-,33-32-. The molecule has 0 spiro atoms. The highest BCUT2D eigenvalue weighted by Crippen LogP contribution is 2.17. The van der Waals surface area contributed by atoms with Crippen LogP contribution >= 0.6 is 0 Å². The van der Waals surface area contributed by atoms with Gasteiger partial charge in [0.25, 0.3) is 0 Å². The van der Waals surface area contributed by atoms with Crippen LogP contribution in [0.5, 0.6) is 0 Å². The lowest BCUT2D eigenvalue weighted by Gasteiger charge is -2.18. The van der Waals surface area contributed by atoms with Gasteiger partial charge in [-0.25, -0.2) is 0 Å². The van der Waals surface area contributed by atoms with Gasteiger partial charge in [0.2, 0.25) is 0 Å². The van der Waals surface area contributed by atoms with Crippen LogP contribution in [0.3, 0.4) is 0 Å². The first-order valence-corrected chi connectivity index (χ1v) is 33.7. The second-order valence-corrected chi connectivity index (χ2v) is 22.3. The molecule has 0 aliphatic carbocycles. The first-order chi connectivity index (χ1) is 39.0. The van der Waals surface area contributed by atoms with Gasteiger partial charge in [-0.3, -0.25) is 14.4 Å². The van der Waals surface area contributed by atoms with Crippen molar-refractivity contribution in [3.63, 3.8) is 0 Å². The Morgan fingerprint density at radius 3 is 0.772 bits per heavy atom. The molecule has 0 aromatic heterocycles. The smallest absolute Gasteiger partial charge is 0.306 e. The van der Waals surface area contributed by atoms with E-state index in [0.717, 1.165) is 109 Å². The average molecular weight is 1100 g/mol. The number of unbranched alkanes of at least 4 members (excludes halogenated alkanes) is 34. The Morgan fingerprint density at radius 2 is 0.494 bits per heavy atom. The first kappa shape index (κ1) is 75.3. The minimum Gasteiger partial charge on any atom is -0.462 e. The lowest BCUT2D eigenvalue weighted by molar-refractivity contribution is -0.167.